The molecule has 0 spiro atoms. The molecule has 9 heteroatoms. The third-order valence-corrected chi connectivity index (χ3v) is 4.42. The van der Waals surface area contributed by atoms with Crippen LogP contribution in [0.5, 0.6) is 0 Å². The Balaban J connectivity index is 1.74. The molecule has 8 nitrogen and oxygen atoms in total. The van der Waals surface area contributed by atoms with E-state index in [9.17, 15) is 9.18 Å². The maximum atomic E-state index is 14.1. The number of rotatable bonds is 4. The zero-order valence-electron chi connectivity index (χ0n) is 15.4. The van der Waals surface area contributed by atoms with Crippen molar-refractivity contribution in [3.05, 3.63) is 64.5 Å². The molecule has 28 heavy (non-hydrogen) atoms. The first kappa shape index (κ1) is 17.8. The van der Waals surface area contributed by atoms with Gasteiger partial charge in [-0.3, -0.25) is 4.79 Å². The standard InChI is InChI=1S/C19H18FN7O/c1-11(2)27-8-4-5-12(18(27)28)9-26-10-15(24-25-26)17-13-6-3-7-14(20)16(13)22-19(21)23-17/h3-8,10-11H,9H2,1-2H3,(H2,21,22,23). The van der Waals surface area contributed by atoms with Gasteiger partial charge in [0.2, 0.25) is 5.95 Å². The van der Waals surface area contributed by atoms with Gasteiger partial charge in [0.1, 0.15) is 22.7 Å². The molecule has 0 amide bonds. The Morgan fingerprint density at radius 2 is 2.00 bits per heavy atom. The molecule has 4 aromatic rings. The van der Waals surface area contributed by atoms with Gasteiger partial charge in [-0.2, -0.15) is 0 Å². The molecule has 4 rings (SSSR count). The van der Waals surface area contributed by atoms with Gasteiger partial charge in [0, 0.05) is 23.2 Å². The van der Waals surface area contributed by atoms with Gasteiger partial charge < -0.3 is 10.3 Å². The minimum atomic E-state index is -0.487. The van der Waals surface area contributed by atoms with E-state index < -0.39 is 5.82 Å². The highest BCUT2D eigenvalue weighted by molar-refractivity contribution is 5.92. The predicted octanol–water partition coefficient (Wildman–Crippen LogP) is 2.40. The molecule has 0 fully saturated rings. The van der Waals surface area contributed by atoms with Crippen molar-refractivity contribution in [3.8, 4) is 11.4 Å². The number of fused-ring (bicyclic) bond motifs is 1. The second-order valence-corrected chi connectivity index (χ2v) is 6.71. The molecule has 0 aliphatic carbocycles. The number of nitrogens with zero attached hydrogens (tertiary/aromatic N) is 6. The van der Waals surface area contributed by atoms with Crippen LogP contribution >= 0.6 is 0 Å². The molecule has 0 bridgehead atoms. The summed E-state index contributed by atoms with van der Waals surface area (Å²) < 4.78 is 17.3. The number of pyridine rings is 1. The first-order valence-electron chi connectivity index (χ1n) is 8.76. The van der Waals surface area contributed by atoms with Gasteiger partial charge in [-0.25, -0.2) is 19.0 Å². The summed E-state index contributed by atoms with van der Waals surface area (Å²) >= 11 is 0. The highest BCUT2D eigenvalue weighted by atomic mass is 19.1. The molecule has 1 aromatic carbocycles. The van der Waals surface area contributed by atoms with E-state index in [1.54, 1.807) is 39.8 Å². The number of benzene rings is 1. The van der Waals surface area contributed by atoms with Gasteiger partial charge in [0.25, 0.3) is 5.56 Å². The first-order chi connectivity index (χ1) is 13.4. The average Bonchev–Trinajstić information content (AvgIpc) is 3.12. The van der Waals surface area contributed by atoms with Crippen LogP contribution < -0.4 is 11.3 Å². The molecule has 2 N–H and O–H groups in total. The summed E-state index contributed by atoms with van der Waals surface area (Å²) in [4.78, 5) is 20.7. The van der Waals surface area contributed by atoms with Crippen molar-refractivity contribution in [2.24, 2.45) is 0 Å². The van der Waals surface area contributed by atoms with Gasteiger partial charge in [-0.15, -0.1) is 5.10 Å². The lowest BCUT2D eigenvalue weighted by Crippen LogP contribution is -2.25. The van der Waals surface area contributed by atoms with Crippen LogP contribution in [0.1, 0.15) is 25.5 Å². The third kappa shape index (κ3) is 3.11. The summed E-state index contributed by atoms with van der Waals surface area (Å²) in [6.07, 6.45) is 3.41. The number of nitrogens with two attached hydrogens (primary N) is 1. The quantitative estimate of drug-likeness (QED) is 0.584. The van der Waals surface area contributed by atoms with Gasteiger partial charge >= 0.3 is 0 Å². The highest BCUT2D eigenvalue weighted by Crippen LogP contribution is 2.26. The average molecular weight is 379 g/mol. The van der Waals surface area contributed by atoms with Crippen LogP contribution in [-0.4, -0.2) is 29.5 Å². The van der Waals surface area contributed by atoms with Crippen LogP contribution in [0.3, 0.4) is 0 Å². The van der Waals surface area contributed by atoms with E-state index in [-0.39, 0.29) is 29.6 Å². The lowest BCUT2D eigenvalue weighted by Gasteiger charge is -2.11. The summed E-state index contributed by atoms with van der Waals surface area (Å²) in [5, 5.41) is 8.70. The minimum Gasteiger partial charge on any atom is -0.368 e. The van der Waals surface area contributed by atoms with E-state index >= 15 is 0 Å². The summed E-state index contributed by atoms with van der Waals surface area (Å²) in [7, 11) is 0. The number of para-hydroxylation sites is 1. The van der Waals surface area contributed by atoms with Gasteiger partial charge in [0.15, 0.2) is 0 Å². The number of hydrogen-bond donors (Lipinski definition) is 1. The van der Waals surface area contributed by atoms with Crippen molar-refractivity contribution < 1.29 is 4.39 Å². The Morgan fingerprint density at radius 3 is 2.79 bits per heavy atom. The van der Waals surface area contributed by atoms with Crippen LogP contribution in [0.4, 0.5) is 10.3 Å². The van der Waals surface area contributed by atoms with Crippen molar-refractivity contribution in [3.63, 3.8) is 0 Å². The fourth-order valence-electron chi connectivity index (χ4n) is 3.07. The molecule has 0 radical (unpaired) electrons. The molecule has 3 heterocycles. The van der Waals surface area contributed by atoms with Gasteiger partial charge in [0.05, 0.1) is 12.7 Å². The second-order valence-electron chi connectivity index (χ2n) is 6.71. The van der Waals surface area contributed by atoms with Crippen molar-refractivity contribution in [2.75, 3.05) is 5.73 Å². The molecular formula is C19H18FN7O. The van der Waals surface area contributed by atoms with E-state index in [0.29, 0.717) is 22.3 Å². The highest BCUT2D eigenvalue weighted by Gasteiger charge is 2.15. The third-order valence-electron chi connectivity index (χ3n) is 4.42. The van der Waals surface area contributed by atoms with E-state index in [2.05, 4.69) is 20.3 Å². The minimum absolute atomic E-state index is 0.0509. The molecule has 0 saturated heterocycles. The Hall–Kier alpha value is -3.62. The van der Waals surface area contributed by atoms with E-state index in [1.807, 2.05) is 19.9 Å². The number of halogens is 1. The maximum Gasteiger partial charge on any atom is 0.255 e. The monoisotopic (exact) mass is 379 g/mol. The summed E-state index contributed by atoms with van der Waals surface area (Å²) in [5.74, 6) is -0.538. The Kier molecular flexibility index (Phi) is 4.34. The van der Waals surface area contributed by atoms with Crippen molar-refractivity contribution in [1.82, 2.24) is 29.5 Å². The SMILES string of the molecule is CC(C)n1cccc(Cn2cc(-c3nc(N)nc4c(F)cccc34)nn2)c1=O. The van der Waals surface area contributed by atoms with Gasteiger partial charge in [-0.1, -0.05) is 23.4 Å². The van der Waals surface area contributed by atoms with Gasteiger partial charge in [-0.05, 0) is 26.0 Å². The van der Waals surface area contributed by atoms with E-state index in [1.165, 1.54) is 6.07 Å². The Bertz CT molecular complexity index is 1230. The smallest absolute Gasteiger partial charge is 0.255 e. The summed E-state index contributed by atoms with van der Waals surface area (Å²) in [6.45, 7) is 4.15. The van der Waals surface area contributed by atoms with Crippen LogP contribution in [-0.2, 0) is 6.54 Å². The number of hydrogen-bond acceptors (Lipinski definition) is 6. The van der Waals surface area contributed by atoms with Crippen LogP contribution in [0.15, 0.2) is 47.5 Å². The maximum absolute atomic E-state index is 14.1. The van der Waals surface area contributed by atoms with Crippen molar-refractivity contribution >= 4 is 16.9 Å². The van der Waals surface area contributed by atoms with Crippen molar-refractivity contribution in [2.45, 2.75) is 26.4 Å². The summed E-state index contributed by atoms with van der Waals surface area (Å²) in [5.41, 5.74) is 7.19. The molecule has 0 unspecified atom stereocenters. The van der Waals surface area contributed by atoms with Crippen LogP contribution in [0.25, 0.3) is 22.3 Å². The van der Waals surface area contributed by atoms with E-state index in [0.717, 1.165) is 0 Å². The zero-order valence-corrected chi connectivity index (χ0v) is 15.4. The van der Waals surface area contributed by atoms with Crippen molar-refractivity contribution in [1.29, 1.82) is 0 Å². The number of aromatic nitrogens is 6. The molecule has 0 saturated carbocycles. The fourth-order valence-corrected chi connectivity index (χ4v) is 3.07. The van der Waals surface area contributed by atoms with E-state index in [4.69, 9.17) is 5.73 Å². The normalized spacial score (nSPS) is 11.4. The Labute approximate surface area is 159 Å². The molecule has 0 aliphatic rings. The molecule has 3 aromatic heterocycles. The van der Waals surface area contributed by atoms with Crippen LogP contribution in [0, 0.1) is 5.82 Å². The lowest BCUT2D eigenvalue weighted by molar-refractivity contribution is 0.563. The molecule has 0 atom stereocenters. The van der Waals surface area contributed by atoms with Crippen LogP contribution in [0.2, 0.25) is 0 Å². The first-order valence-corrected chi connectivity index (χ1v) is 8.76. The molecule has 0 aliphatic heterocycles. The number of nitrogen functional groups attached to an aromatic ring is 1. The zero-order chi connectivity index (χ0) is 19.8. The largest absolute Gasteiger partial charge is 0.368 e. The lowest BCUT2D eigenvalue weighted by atomic mass is 10.1. The Morgan fingerprint density at radius 1 is 1.18 bits per heavy atom. The molecule has 142 valence electrons. The predicted molar refractivity (Wildman–Crippen MR) is 103 cm³/mol. The molecular weight excluding hydrogens is 361 g/mol. The summed E-state index contributed by atoms with van der Waals surface area (Å²) in [6, 6.07) is 8.23. The topological polar surface area (TPSA) is 105 Å². The number of anilines is 1. The second kappa shape index (κ2) is 6.84. The fraction of sp³-hybridized carbons (Fsp3) is 0.211.